The second kappa shape index (κ2) is 9.01. The average molecular weight is 457 g/mol. The van der Waals surface area contributed by atoms with Gasteiger partial charge in [0.05, 0.1) is 11.3 Å². The first kappa shape index (κ1) is 22.7. The summed E-state index contributed by atoms with van der Waals surface area (Å²) >= 11 is 5.99. The van der Waals surface area contributed by atoms with Crippen molar-refractivity contribution in [3.05, 3.63) is 93.5 Å². The van der Waals surface area contributed by atoms with Gasteiger partial charge in [-0.05, 0) is 67.4 Å². The monoisotopic (exact) mass is 456 g/mol. The number of amides is 1. The van der Waals surface area contributed by atoms with Crippen LogP contribution in [0.15, 0.2) is 65.6 Å². The zero-order valence-electron chi connectivity index (χ0n) is 17.0. The molecule has 0 atom stereocenters. The summed E-state index contributed by atoms with van der Waals surface area (Å²) in [4.78, 5) is 25.4. The quantitative estimate of drug-likeness (QED) is 0.546. The predicted molar refractivity (Wildman–Crippen MR) is 121 cm³/mol. The number of halogens is 1. The maximum Gasteiger partial charge on any atom is 0.238 e. The minimum Gasteiger partial charge on any atom is -0.326 e. The van der Waals surface area contributed by atoms with Crippen molar-refractivity contribution in [2.45, 2.75) is 25.2 Å². The maximum atomic E-state index is 12.8. The molecule has 3 N–H and O–H groups in total. The average Bonchev–Trinajstić information content (AvgIpc) is 2.67. The van der Waals surface area contributed by atoms with E-state index in [4.69, 9.17) is 16.7 Å². The number of aryl methyl sites for hydroxylation is 2. The SMILES string of the molecule is Cc1cc(CC(=O)Nc2ccc(S(N)(=O)=O)cc2C)cc(C(=O)c2cccc(Cl)c2)c1. The first-order chi connectivity index (χ1) is 14.5. The van der Waals surface area contributed by atoms with Crippen molar-refractivity contribution >= 4 is 39.0 Å². The van der Waals surface area contributed by atoms with Crippen molar-refractivity contribution in [1.82, 2.24) is 0 Å². The molecule has 0 saturated heterocycles. The molecule has 0 spiro atoms. The highest BCUT2D eigenvalue weighted by molar-refractivity contribution is 7.89. The van der Waals surface area contributed by atoms with Crippen molar-refractivity contribution < 1.29 is 18.0 Å². The molecule has 160 valence electrons. The molecule has 3 rings (SSSR count). The first-order valence-corrected chi connectivity index (χ1v) is 11.3. The molecule has 0 radical (unpaired) electrons. The highest BCUT2D eigenvalue weighted by Gasteiger charge is 2.14. The van der Waals surface area contributed by atoms with Crippen LogP contribution in [0, 0.1) is 13.8 Å². The fraction of sp³-hybridized carbons (Fsp3) is 0.130. The van der Waals surface area contributed by atoms with Crippen LogP contribution < -0.4 is 10.5 Å². The van der Waals surface area contributed by atoms with Crippen LogP contribution >= 0.6 is 11.6 Å². The van der Waals surface area contributed by atoms with Gasteiger partial charge in [-0.15, -0.1) is 0 Å². The van der Waals surface area contributed by atoms with Crippen LogP contribution in [0.3, 0.4) is 0 Å². The van der Waals surface area contributed by atoms with Gasteiger partial charge in [-0.1, -0.05) is 35.4 Å². The van der Waals surface area contributed by atoms with E-state index in [1.54, 1.807) is 43.3 Å². The maximum absolute atomic E-state index is 12.8. The number of nitrogens with one attached hydrogen (secondary N) is 1. The number of anilines is 1. The van der Waals surface area contributed by atoms with Crippen LogP contribution in [-0.4, -0.2) is 20.1 Å². The van der Waals surface area contributed by atoms with Crippen molar-refractivity contribution in [3.63, 3.8) is 0 Å². The van der Waals surface area contributed by atoms with Crippen molar-refractivity contribution in [2.75, 3.05) is 5.32 Å². The number of nitrogens with two attached hydrogens (primary N) is 1. The molecule has 31 heavy (non-hydrogen) atoms. The zero-order valence-corrected chi connectivity index (χ0v) is 18.5. The Hall–Kier alpha value is -3.00. The molecule has 0 bridgehead atoms. The molecule has 6 nitrogen and oxygen atoms in total. The van der Waals surface area contributed by atoms with Gasteiger partial charge in [0.2, 0.25) is 15.9 Å². The van der Waals surface area contributed by atoms with Gasteiger partial charge < -0.3 is 5.32 Å². The van der Waals surface area contributed by atoms with Crippen LogP contribution in [0.2, 0.25) is 5.02 Å². The molecule has 3 aromatic rings. The first-order valence-electron chi connectivity index (χ1n) is 9.37. The zero-order chi connectivity index (χ0) is 22.8. The number of hydrogen-bond donors (Lipinski definition) is 2. The third-order valence-electron chi connectivity index (χ3n) is 4.65. The summed E-state index contributed by atoms with van der Waals surface area (Å²) in [5.74, 6) is -0.472. The van der Waals surface area contributed by atoms with Crippen molar-refractivity contribution in [1.29, 1.82) is 0 Å². The highest BCUT2D eigenvalue weighted by atomic mass is 35.5. The summed E-state index contributed by atoms with van der Waals surface area (Å²) < 4.78 is 22.9. The molecular weight excluding hydrogens is 436 g/mol. The molecule has 1 amide bonds. The summed E-state index contributed by atoms with van der Waals surface area (Å²) in [6.07, 6.45) is 0.0495. The van der Waals surface area contributed by atoms with Crippen LogP contribution in [0.5, 0.6) is 0 Å². The Morgan fingerprint density at radius 1 is 0.968 bits per heavy atom. The van der Waals surface area contributed by atoms with Gasteiger partial charge in [-0.25, -0.2) is 13.6 Å². The number of sulfonamides is 1. The number of carbonyl (C=O) groups is 2. The molecule has 8 heteroatoms. The Balaban J connectivity index is 1.78. The summed E-state index contributed by atoms with van der Waals surface area (Å²) in [6.45, 7) is 3.53. The molecule has 0 aliphatic carbocycles. The van der Waals surface area contributed by atoms with Crippen molar-refractivity contribution in [3.8, 4) is 0 Å². The Kier molecular flexibility index (Phi) is 6.59. The highest BCUT2D eigenvalue weighted by Crippen LogP contribution is 2.21. The number of benzene rings is 3. The number of carbonyl (C=O) groups excluding carboxylic acids is 2. The van der Waals surface area contributed by atoms with Gasteiger partial charge in [0.15, 0.2) is 5.78 Å². The van der Waals surface area contributed by atoms with E-state index in [9.17, 15) is 18.0 Å². The van der Waals surface area contributed by atoms with Gasteiger partial charge in [0.25, 0.3) is 0 Å². The summed E-state index contributed by atoms with van der Waals surface area (Å²) in [5.41, 5.74) is 3.53. The Morgan fingerprint density at radius 2 is 1.71 bits per heavy atom. The Bertz CT molecular complexity index is 1290. The van der Waals surface area contributed by atoms with E-state index < -0.39 is 10.0 Å². The van der Waals surface area contributed by atoms with Gasteiger partial charge >= 0.3 is 0 Å². The van der Waals surface area contributed by atoms with E-state index in [-0.39, 0.29) is 23.0 Å². The van der Waals surface area contributed by atoms with Crippen LogP contribution in [-0.2, 0) is 21.2 Å². The van der Waals surface area contributed by atoms with E-state index in [0.717, 1.165) is 5.56 Å². The fourth-order valence-corrected chi connectivity index (χ4v) is 4.01. The Labute approximate surface area is 186 Å². The lowest BCUT2D eigenvalue weighted by Crippen LogP contribution is -2.17. The topological polar surface area (TPSA) is 106 Å². The molecule has 0 aromatic heterocycles. The van der Waals surface area contributed by atoms with Gasteiger partial charge in [-0.3, -0.25) is 9.59 Å². The minimum atomic E-state index is -3.82. The van der Waals surface area contributed by atoms with E-state index >= 15 is 0 Å². The standard InChI is InChI=1S/C23H21ClN2O4S/c1-14-8-16(11-18(9-14)23(28)17-4-3-5-19(24)13-17)12-22(27)26-21-7-6-20(10-15(21)2)31(25,29)30/h3-11,13H,12H2,1-2H3,(H,26,27)(H2,25,29,30). The van der Waals surface area contributed by atoms with Gasteiger partial charge in [-0.2, -0.15) is 0 Å². The minimum absolute atomic E-state index is 0.0224. The van der Waals surface area contributed by atoms with E-state index in [2.05, 4.69) is 5.32 Å². The van der Waals surface area contributed by atoms with E-state index in [1.807, 2.05) is 13.0 Å². The lowest BCUT2D eigenvalue weighted by molar-refractivity contribution is -0.115. The molecular formula is C23H21ClN2O4S. The molecule has 0 saturated carbocycles. The molecule has 0 unspecified atom stereocenters. The van der Waals surface area contributed by atoms with Crippen LogP contribution in [0.1, 0.15) is 32.6 Å². The fourth-order valence-electron chi connectivity index (χ4n) is 3.23. The lowest BCUT2D eigenvalue weighted by Gasteiger charge is -2.11. The normalized spacial score (nSPS) is 11.2. The third-order valence-corrected chi connectivity index (χ3v) is 5.80. The molecule has 3 aromatic carbocycles. The van der Waals surface area contributed by atoms with Crippen LogP contribution in [0.4, 0.5) is 5.69 Å². The number of hydrogen-bond acceptors (Lipinski definition) is 4. The van der Waals surface area contributed by atoms with Gasteiger partial charge in [0, 0.05) is 21.8 Å². The largest absolute Gasteiger partial charge is 0.326 e. The summed E-state index contributed by atoms with van der Waals surface area (Å²) in [7, 11) is -3.82. The molecule has 0 aliphatic rings. The second-order valence-electron chi connectivity index (χ2n) is 7.29. The molecule has 0 fully saturated rings. The second-order valence-corrected chi connectivity index (χ2v) is 9.29. The summed E-state index contributed by atoms with van der Waals surface area (Å²) in [5, 5.41) is 8.37. The molecule has 0 aliphatic heterocycles. The van der Waals surface area contributed by atoms with Crippen LogP contribution in [0.25, 0.3) is 0 Å². The van der Waals surface area contributed by atoms with Gasteiger partial charge in [0.1, 0.15) is 0 Å². The number of primary sulfonamides is 1. The molecule has 0 heterocycles. The smallest absolute Gasteiger partial charge is 0.238 e. The predicted octanol–water partition coefficient (Wildman–Crippen LogP) is 4.02. The summed E-state index contributed by atoms with van der Waals surface area (Å²) in [6, 6.07) is 16.2. The Morgan fingerprint density at radius 3 is 2.35 bits per heavy atom. The lowest BCUT2D eigenvalue weighted by atomic mass is 9.97. The third kappa shape index (κ3) is 5.79. The van der Waals surface area contributed by atoms with Crippen molar-refractivity contribution in [2.24, 2.45) is 5.14 Å². The van der Waals surface area contributed by atoms with E-state index in [0.29, 0.717) is 33.0 Å². The number of ketones is 1. The number of rotatable bonds is 6. The van der Waals surface area contributed by atoms with E-state index in [1.165, 1.54) is 18.2 Å².